The first-order chi connectivity index (χ1) is 12.1. The molecule has 0 aliphatic rings. The number of carbonyl (C=O) groups is 1. The van der Waals surface area contributed by atoms with Gasteiger partial charge in [0, 0.05) is 23.1 Å². The van der Waals surface area contributed by atoms with E-state index in [0.29, 0.717) is 17.7 Å². The third kappa shape index (κ3) is 4.74. The van der Waals surface area contributed by atoms with Crippen molar-refractivity contribution in [3.05, 3.63) is 52.3 Å². The first-order valence-electron chi connectivity index (χ1n) is 8.46. The van der Waals surface area contributed by atoms with Crippen molar-refractivity contribution in [3.63, 3.8) is 0 Å². The highest BCUT2D eigenvalue weighted by molar-refractivity contribution is 5.81. The SMILES string of the molecule is CC[C@@H](Cn1nc(-c2ccc(F)c(F)c2)ccc1=O)NC(=O)C(C)(C)C. The van der Waals surface area contributed by atoms with Crippen molar-refractivity contribution >= 4 is 5.91 Å². The molecule has 26 heavy (non-hydrogen) atoms. The molecule has 7 heteroatoms. The van der Waals surface area contributed by atoms with Crippen molar-refractivity contribution < 1.29 is 13.6 Å². The van der Waals surface area contributed by atoms with Crippen molar-refractivity contribution in [1.82, 2.24) is 15.1 Å². The molecule has 0 bridgehead atoms. The quantitative estimate of drug-likeness (QED) is 0.888. The molecule has 0 aliphatic carbocycles. The smallest absolute Gasteiger partial charge is 0.266 e. The number of nitrogens with one attached hydrogen (secondary N) is 1. The van der Waals surface area contributed by atoms with Crippen LogP contribution in [0.15, 0.2) is 35.1 Å². The zero-order chi connectivity index (χ0) is 19.5. The van der Waals surface area contributed by atoms with Gasteiger partial charge in [0.05, 0.1) is 12.2 Å². The molecule has 0 fully saturated rings. The summed E-state index contributed by atoms with van der Waals surface area (Å²) in [7, 11) is 0. The second-order valence-corrected chi connectivity index (χ2v) is 7.20. The molecular weight excluding hydrogens is 340 g/mol. The van der Waals surface area contributed by atoms with Crippen LogP contribution in [-0.4, -0.2) is 21.7 Å². The van der Waals surface area contributed by atoms with Crippen LogP contribution in [0.5, 0.6) is 0 Å². The Morgan fingerprint density at radius 3 is 2.46 bits per heavy atom. The Balaban J connectivity index is 2.27. The molecule has 0 radical (unpaired) electrons. The average Bonchev–Trinajstić information content (AvgIpc) is 2.57. The molecule has 1 aromatic heterocycles. The molecule has 0 saturated carbocycles. The predicted molar refractivity (Wildman–Crippen MR) is 95.5 cm³/mol. The minimum absolute atomic E-state index is 0.117. The minimum atomic E-state index is -0.981. The summed E-state index contributed by atoms with van der Waals surface area (Å²) < 4.78 is 27.8. The molecule has 1 aromatic carbocycles. The number of aromatic nitrogens is 2. The zero-order valence-corrected chi connectivity index (χ0v) is 15.3. The largest absolute Gasteiger partial charge is 0.351 e. The number of hydrogen-bond acceptors (Lipinski definition) is 3. The first-order valence-corrected chi connectivity index (χ1v) is 8.46. The summed E-state index contributed by atoms with van der Waals surface area (Å²) in [5.74, 6) is -2.04. The van der Waals surface area contributed by atoms with Gasteiger partial charge in [0.2, 0.25) is 5.91 Å². The lowest BCUT2D eigenvalue weighted by atomic mass is 9.95. The van der Waals surface area contributed by atoms with Gasteiger partial charge in [-0.1, -0.05) is 27.7 Å². The van der Waals surface area contributed by atoms with Gasteiger partial charge in [-0.3, -0.25) is 9.59 Å². The van der Waals surface area contributed by atoms with Gasteiger partial charge in [-0.2, -0.15) is 5.10 Å². The summed E-state index contributed by atoms with van der Waals surface area (Å²) in [6.07, 6.45) is 0.616. The van der Waals surface area contributed by atoms with Crippen molar-refractivity contribution in [2.45, 2.75) is 46.7 Å². The zero-order valence-electron chi connectivity index (χ0n) is 15.3. The second-order valence-electron chi connectivity index (χ2n) is 7.20. The lowest BCUT2D eigenvalue weighted by molar-refractivity contribution is -0.129. The number of benzene rings is 1. The van der Waals surface area contributed by atoms with Gasteiger partial charge in [0.25, 0.3) is 5.56 Å². The molecule has 140 valence electrons. The Labute approximate surface area is 151 Å². The molecule has 0 unspecified atom stereocenters. The summed E-state index contributed by atoms with van der Waals surface area (Å²) >= 11 is 0. The second kappa shape index (κ2) is 7.76. The van der Waals surface area contributed by atoms with Crippen LogP contribution in [0, 0.1) is 17.0 Å². The maximum atomic E-state index is 13.4. The van der Waals surface area contributed by atoms with E-state index >= 15 is 0 Å². The lowest BCUT2D eigenvalue weighted by Gasteiger charge is -2.23. The molecule has 0 aliphatic heterocycles. The van der Waals surface area contributed by atoms with E-state index in [4.69, 9.17) is 0 Å². The molecule has 1 atom stereocenters. The third-order valence-electron chi connectivity index (χ3n) is 3.98. The topological polar surface area (TPSA) is 64.0 Å². The summed E-state index contributed by atoms with van der Waals surface area (Å²) in [4.78, 5) is 24.3. The molecule has 0 spiro atoms. The van der Waals surface area contributed by atoms with E-state index in [9.17, 15) is 18.4 Å². The Morgan fingerprint density at radius 1 is 1.19 bits per heavy atom. The predicted octanol–water partition coefficient (Wildman–Crippen LogP) is 3.13. The van der Waals surface area contributed by atoms with Gasteiger partial charge in [0.1, 0.15) is 0 Å². The van der Waals surface area contributed by atoms with E-state index in [0.717, 1.165) is 12.1 Å². The maximum absolute atomic E-state index is 13.4. The Bertz CT molecular complexity index is 857. The molecule has 2 aromatic rings. The van der Waals surface area contributed by atoms with Crippen LogP contribution in [0.2, 0.25) is 0 Å². The standard InChI is InChI=1S/C19H23F2N3O2/c1-5-13(22-18(26)19(2,3)4)11-24-17(25)9-8-16(23-24)12-6-7-14(20)15(21)10-12/h6-10,13H,5,11H2,1-4H3,(H,22,26)/t13-/m0/s1. The van der Waals surface area contributed by atoms with Crippen LogP contribution >= 0.6 is 0 Å². The number of nitrogens with zero attached hydrogens (tertiary/aromatic N) is 2. The normalized spacial score (nSPS) is 12.7. The van der Waals surface area contributed by atoms with Gasteiger partial charge >= 0.3 is 0 Å². The van der Waals surface area contributed by atoms with E-state index in [1.165, 1.54) is 22.9 Å². The maximum Gasteiger partial charge on any atom is 0.266 e. The molecule has 2 rings (SSSR count). The summed E-state index contributed by atoms with van der Waals surface area (Å²) in [5.41, 5.74) is -0.163. The highest BCUT2D eigenvalue weighted by Crippen LogP contribution is 2.18. The van der Waals surface area contributed by atoms with Crippen molar-refractivity contribution in [3.8, 4) is 11.3 Å². The fraction of sp³-hybridized carbons (Fsp3) is 0.421. The molecule has 0 saturated heterocycles. The highest BCUT2D eigenvalue weighted by atomic mass is 19.2. The Kier molecular flexibility index (Phi) is 5.90. The Morgan fingerprint density at radius 2 is 1.88 bits per heavy atom. The third-order valence-corrected chi connectivity index (χ3v) is 3.98. The van der Waals surface area contributed by atoms with E-state index < -0.39 is 17.0 Å². The number of halogens is 2. The number of hydrogen-bond donors (Lipinski definition) is 1. The van der Waals surface area contributed by atoms with Gasteiger partial charge in [-0.05, 0) is 30.7 Å². The molecule has 1 amide bonds. The van der Waals surface area contributed by atoms with Crippen molar-refractivity contribution in [2.75, 3.05) is 0 Å². The minimum Gasteiger partial charge on any atom is -0.351 e. The molecular formula is C19H23F2N3O2. The van der Waals surface area contributed by atoms with Gasteiger partial charge in [0.15, 0.2) is 11.6 Å². The fourth-order valence-electron chi connectivity index (χ4n) is 2.28. The molecule has 1 N–H and O–H groups in total. The lowest BCUT2D eigenvalue weighted by Crippen LogP contribution is -2.45. The Hall–Kier alpha value is -2.57. The van der Waals surface area contributed by atoms with Crippen molar-refractivity contribution in [1.29, 1.82) is 0 Å². The van der Waals surface area contributed by atoms with E-state index in [-0.39, 0.29) is 24.1 Å². The fourth-order valence-corrected chi connectivity index (χ4v) is 2.28. The van der Waals surface area contributed by atoms with Crippen LogP contribution in [-0.2, 0) is 11.3 Å². The molecule has 5 nitrogen and oxygen atoms in total. The highest BCUT2D eigenvalue weighted by Gasteiger charge is 2.24. The van der Waals surface area contributed by atoms with Crippen LogP contribution in [0.3, 0.4) is 0 Å². The van der Waals surface area contributed by atoms with Crippen LogP contribution in [0.1, 0.15) is 34.1 Å². The molecule has 1 heterocycles. The number of carbonyl (C=O) groups excluding carboxylic acids is 1. The summed E-state index contributed by atoms with van der Waals surface area (Å²) in [6, 6.07) is 5.95. The monoisotopic (exact) mass is 363 g/mol. The number of amides is 1. The van der Waals surface area contributed by atoms with Crippen molar-refractivity contribution in [2.24, 2.45) is 5.41 Å². The average molecular weight is 363 g/mol. The first kappa shape index (κ1) is 19.8. The van der Waals surface area contributed by atoms with Crippen LogP contribution in [0.25, 0.3) is 11.3 Å². The van der Waals surface area contributed by atoms with Crippen LogP contribution in [0.4, 0.5) is 8.78 Å². The van der Waals surface area contributed by atoms with Gasteiger partial charge < -0.3 is 5.32 Å². The number of rotatable bonds is 5. The van der Waals surface area contributed by atoms with Gasteiger partial charge in [-0.15, -0.1) is 0 Å². The summed E-state index contributed by atoms with van der Waals surface area (Å²) in [6.45, 7) is 7.52. The van der Waals surface area contributed by atoms with E-state index in [1.54, 1.807) is 0 Å². The van der Waals surface area contributed by atoms with Crippen LogP contribution < -0.4 is 10.9 Å². The summed E-state index contributed by atoms with van der Waals surface area (Å²) in [5, 5.41) is 7.14. The van der Waals surface area contributed by atoms with Gasteiger partial charge in [-0.25, -0.2) is 13.5 Å². The van der Waals surface area contributed by atoms with E-state index in [1.807, 2.05) is 27.7 Å². The van der Waals surface area contributed by atoms with E-state index in [2.05, 4.69) is 10.4 Å².